The van der Waals surface area contributed by atoms with Gasteiger partial charge >= 0.3 is 0 Å². The van der Waals surface area contributed by atoms with Crippen molar-refractivity contribution >= 4 is 22.7 Å². The molecule has 5 nitrogen and oxygen atoms in total. The fraction of sp³-hybridized carbons (Fsp3) is 0.105. The van der Waals surface area contributed by atoms with Gasteiger partial charge in [0.15, 0.2) is 0 Å². The fourth-order valence-electron chi connectivity index (χ4n) is 2.70. The molecule has 0 atom stereocenters. The highest BCUT2D eigenvalue weighted by Crippen LogP contribution is 2.27. The second kappa shape index (κ2) is 5.77. The molecule has 2 N–H and O–H groups in total. The molecule has 0 aliphatic rings. The number of hydrogen-bond donors (Lipinski definition) is 2. The van der Waals surface area contributed by atoms with E-state index < -0.39 is 0 Å². The van der Waals surface area contributed by atoms with Crippen molar-refractivity contribution in [1.29, 1.82) is 0 Å². The lowest BCUT2D eigenvalue weighted by Gasteiger charge is -2.11. The molecule has 0 fully saturated rings. The van der Waals surface area contributed by atoms with Gasteiger partial charge in [0.1, 0.15) is 5.69 Å². The third kappa shape index (κ3) is 2.60. The summed E-state index contributed by atoms with van der Waals surface area (Å²) in [7, 11) is 0. The average molecular weight is 315 g/mol. The van der Waals surface area contributed by atoms with E-state index >= 15 is 0 Å². The van der Waals surface area contributed by atoms with Crippen molar-refractivity contribution in [1.82, 2.24) is 19.9 Å². The molecule has 4 aromatic rings. The van der Waals surface area contributed by atoms with Gasteiger partial charge in [-0.15, -0.1) is 0 Å². The summed E-state index contributed by atoms with van der Waals surface area (Å²) in [4.78, 5) is 16.7. The summed E-state index contributed by atoms with van der Waals surface area (Å²) in [5.41, 5.74) is 6.94. The highest BCUT2D eigenvalue weighted by atomic mass is 15.1. The quantitative estimate of drug-likeness (QED) is 0.589. The third-order valence-electron chi connectivity index (χ3n) is 3.98. The molecule has 3 heterocycles. The number of nitrogens with zero attached hydrogens (tertiary/aromatic N) is 3. The smallest absolute Gasteiger partial charge is 0.228 e. The largest absolute Gasteiger partial charge is 0.358 e. The van der Waals surface area contributed by atoms with Crippen LogP contribution in [0, 0.1) is 13.8 Å². The van der Waals surface area contributed by atoms with E-state index in [2.05, 4.69) is 52.3 Å². The maximum Gasteiger partial charge on any atom is 0.228 e. The molecule has 0 amide bonds. The molecular weight excluding hydrogens is 298 g/mol. The minimum atomic E-state index is 0.578. The van der Waals surface area contributed by atoms with Crippen LogP contribution in [0.15, 0.2) is 55.0 Å². The zero-order valence-electron chi connectivity index (χ0n) is 13.5. The van der Waals surface area contributed by atoms with Crippen LogP contribution >= 0.6 is 0 Å². The second-order valence-electron chi connectivity index (χ2n) is 5.82. The van der Waals surface area contributed by atoms with E-state index in [1.807, 2.05) is 30.6 Å². The minimum absolute atomic E-state index is 0.578. The number of anilines is 2. The van der Waals surface area contributed by atoms with Crippen LogP contribution in [0.2, 0.25) is 0 Å². The zero-order chi connectivity index (χ0) is 16.5. The predicted molar refractivity (Wildman–Crippen MR) is 96.3 cm³/mol. The molecule has 24 heavy (non-hydrogen) atoms. The number of aryl methyl sites for hydroxylation is 2. The molecule has 0 aliphatic carbocycles. The summed E-state index contributed by atoms with van der Waals surface area (Å²) in [5.74, 6) is 0.578. The normalized spacial score (nSPS) is 10.9. The van der Waals surface area contributed by atoms with Gasteiger partial charge in [-0.2, -0.15) is 0 Å². The van der Waals surface area contributed by atoms with Gasteiger partial charge in [-0.25, -0.2) is 9.97 Å². The Morgan fingerprint density at radius 3 is 2.79 bits per heavy atom. The van der Waals surface area contributed by atoms with Crippen LogP contribution in [0.25, 0.3) is 22.3 Å². The van der Waals surface area contributed by atoms with Gasteiger partial charge in [-0.3, -0.25) is 4.98 Å². The maximum absolute atomic E-state index is 4.72. The van der Waals surface area contributed by atoms with Crippen LogP contribution in [0.1, 0.15) is 11.1 Å². The SMILES string of the molecule is Cc1ccc(C)c(Nc2nc(-c3cccnc3)c3[nH]ccc3n2)c1. The highest BCUT2D eigenvalue weighted by Gasteiger charge is 2.11. The van der Waals surface area contributed by atoms with Gasteiger partial charge in [0.05, 0.1) is 11.0 Å². The monoisotopic (exact) mass is 315 g/mol. The van der Waals surface area contributed by atoms with Crippen LogP contribution in [0.5, 0.6) is 0 Å². The number of aromatic amines is 1. The lowest BCUT2D eigenvalue weighted by Crippen LogP contribution is -2.01. The van der Waals surface area contributed by atoms with E-state index in [0.29, 0.717) is 5.95 Å². The summed E-state index contributed by atoms with van der Waals surface area (Å²) in [6.07, 6.45) is 5.44. The van der Waals surface area contributed by atoms with Crippen molar-refractivity contribution in [3.8, 4) is 11.3 Å². The Kier molecular flexibility index (Phi) is 3.46. The van der Waals surface area contributed by atoms with Crippen molar-refractivity contribution in [2.75, 3.05) is 5.32 Å². The molecule has 0 radical (unpaired) electrons. The van der Waals surface area contributed by atoms with E-state index in [1.165, 1.54) is 5.56 Å². The van der Waals surface area contributed by atoms with E-state index in [-0.39, 0.29) is 0 Å². The predicted octanol–water partition coefficient (Wildman–Crippen LogP) is 4.38. The average Bonchev–Trinajstić information content (AvgIpc) is 3.07. The van der Waals surface area contributed by atoms with Crippen molar-refractivity contribution in [2.24, 2.45) is 0 Å². The van der Waals surface area contributed by atoms with Gasteiger partial charge in [-0.1, -0.05) is 12.1 Å². The Labute approximate surface area is 139 Å². The summed E-state index contributed by atoms with van der Waals surface area (Å²) < 4.78 is 0. The number of benzene rings is 1. The number of hydrogen-bond acceptors (Lipinski definition) is 4. The maximum atomic E-state index is 4.72. The minimum Gasteiger partial charge on any atom is -0.358 e. The number of aromatic nitrogens is 4. The Bertz CT molecular complexity index is 1000. The van der Waals surface area contributed by atoms with Crippen molar-refractivity contribution in [3.05, 3.63) is 66.1 Å². The molecule has 4 rings (SSSR count). The Hall–Kier alpha value is -3.21. The summed E-state index contributed by atoms with van der Waals surface area (Å²) in [6.45, 7) is 4.14. The molecule has 0 saturated heterocycles. The number of nitrogens with one attached hydrogen (secondary N) is 2. The van der Waals surface area contributed by atoms with Crippen LogP contribution in [0.4, 0.5) is 11.6 Å². The highest BCUT2D eigenvalue weighted by molar-refractivity contribution is 5.90. The van der Waals surface area contributed by atoms with E-state index in [1.54, 1.807) is 6.20 Å². The summed E-state index contributed by atoms with van der Waals surface area (Å²) in [5, 5.41) is 3.35. The van der Waals surface area contributed by atoms with Crippen LogP contribution in [-0.2, 0) is 0 Å². The van der Waals surface area contributed by atoms with Gasteiger partial charge in [0, 0.05) is 29.8 Å². The van der Waals surface area contributed by atoms with Crippen LogP contribution in [-0.4, -0.2) is 19.9 Å². The lowest BCUT2D eigenvalue weighted by atomic mass is 10.1. The molecule has 3 aromatic heterocycles. The fourth-order valence-corrected chi connectivity index (χ4v) is 2.70. The van der Waals surface area contributed by atoms with E-state index in [0.717, 1.165) is 33.5 Å². The molecule has 0 spiro atoms. The zero-order valence-corrected chi connectivity index (χ0v) is 13.5. The second-order valence-corrected chi connectivity index (χ2v) is 5.82. The van der Waals surface area contributed by atoms with Crippen LogP contribution < -0.4 is 5.32 Å². The van der Waals surface area contributed by atoms with Gasteiger partial charge in [0.25, 0.3) is 0 Å². The molecular formula is C19H17N5. The first-order chi connectivity index (χ1) is 11.7. The molecule has 0 unspecified atom stereocenters. The summed E-state index contributed by atoms with van der Waals surface area (Å²) in [6, 6.07) is 12.1. The molecule has 118 valence electrons. The van der Waals surface area contributed by atoms with Crippen LogP contribution in [0.3, 0.4) is 0 Å². The first-order valence-electron chi connectivity index (χ1n) is 7.80. The third-order valence-corrected chi connectivity index (χ3v) is 3.98. The first kappa shape index (κ1) is 14.4. The van der Waals surface area contributed by atoms with Gasteiger partial charge in [-0.05, 0) is 49.2 Å². The molecule has 0 bridgehead atoms. The molecule has 1 aromatic carbocycles. The lowest BCUT2D eigenvalue weighted by molar-refractivity contribution is 1.20. The standard InChI is InChI=1S/C19H17N5/c1-12-5-6-13(2)16(10-12)23-19-22-15-7-9-21-18(15)17(24-19)14-4-3-8-20-11-14/h3-11,21H,1-2H3,(H,22,23,24). The Balaban J connectivity index is 1.83. The Morgan fingerprint density at radius 1 is 1.04 bits per heavy atom. The number of pyridine rings is 1. The van der Waals surface area contributed by atoms with Crippen molar-refractivity contribution in [3.63, 3.8) is 0 Å². The number of rotatable bonds is 3. The molecule has 5 heteroatoms. The van der Waals surface area contributed by atoms with Crippen molar-refractivity contribution in [2.45, 2.75) is 13.8 Å². The Morgan fingerprint density at radius 2 is 1.96 bits per heavy atom. The molecule has 0 aliphatic heterocycles. The van der Waals surface area contributed by atoms with E-state index in [9.17, 15) is 0 Å². The van der Waals surface area contributed by atoms with Crippen molar-refractivity contribution < 1.29 is 0 Å². The first-order valence-corrected chi connectivity index (χ1v) is 7.80. The number of H-pyrrole nitrogens is 1. The topological polar surface area (TPSA) is 66.5 Å². The summed E-state index contributed by atoms with van der Waals surface area (Å²) >= 11 is 0. The van der Waals surface area contributed by atoms with E-state index in [4.69, 9.17) is 4.98 Å². The van der Waals surface area contributed by atoms with Gasteiger partial charge < -0.3 is 10.3 Å². The van der Waals surface area contributed by atoms with Gasteiger partial charge in [0.2, 0.25) is 5.95 Å². The molecule has 0 saturated carbocycles. The number of fused-ring (bicyclic) bond motifs is 1.